The maximum absolute atomic E-state index is 13.5. The Labute approximate surface area is 143 Å². The lowest BCUT2D eigenvalue weighted by Crippen LogP contribution is -2.44. The molecule has 0 aromatic carbocycles. The van der Waals surface area contributed by atoms with Gasteiger partial charge in [0.25, 0.3) is 0 Å². The van der Waals surface area contributed by atoms with Crippen molar-refractivity contribution in [2.45, 2.75) is 46.6 Å². The Kier molecular flexibility index (Phi) is 11.0. The fourth-order valence-electron chi connectivity index (χ4n) is 2.06. The van der Waals surface area contributed by atoms with Crippen LogP contribution >= 0.6 is 11.6 Å². The standard InChI is InChI=1S/C12H14ClFN4O.2C2H6/c1-2-10(19)18-5-3-4-8(7-18)16-11-9(14)6-15-12(13)17-11;2*1-2/h2,6,8H,1,3-5,7H2,(H,15,16,17);2*1-2H3. The summed E-state index contributed by atoms with van der Waals surface area (Å²) in [5.41, 5.74) is 0. The minimum Gasteiger partial charge on any atom is -0.363 e. The average molecular weight is 345 g/mol. The molecule has 1 unspecified atom stereocenters. The molecule has 23 heavy (non-hydrogen) atoms. The van der Waals surface area contributed by atoms with Gasteiger partial charge in [-0.25, -0.2) is 9.37 Å². The lowest BCUT2D eigenvalue weighted by Gasteiger charge is -2.32. The summed E-state index contributed by atoms with van der Waals surface area (Å²) in [5.74, 6) is -0.609. The van der Waals surface area contributed by atoms with Gasteiger partial charge < -0.3 is 10.2 Å². The highest BCUT2D eigenvalue weighted by molar-refractivity contribution is 6.28. The summed E-state index contributed by atoms with van der Waals surface area (Å²) in [6.07, 6.45) is 3.98. The van der Waals surface area contributed by atoms with Gasteiger partial charge in [0.05, 0.1) is 6.20 Å². The third-order valence-corrected chi connectivity index (χ3v) is 3.15. The molecule has 0 spiro atoms. The van der Waals surface area contributed by atoms with Gasteiger partial charge in [0.1, 0.15) is 0 Å². The smallest absolute Gasteiger partial charge is 0.246 e. The number of nitrogens with one attached hydrogen (secondary N) is 1. The van der Waals surface area contributed by atoms with Crippen LogP contribution < -0.4 is 5.32 Å². The van der Waals surface area contributed by atoms with Gasteiger partial charge in [0.15, 0.2) is 11.6 Å². The van der Waals surface area contributed by atoms with Crippen LogP contribution in [0, 0.1) is 5.82 Å². The highest BCUT2D eigenvalue weighted by atomic mass is 35.5. The van der Waals surface area contributed by atoms with Gasteiger partial charge in [-0.15, -0.1) is 0 Å². The first-order valence-electron chi connectivity index (χ1n) is 7.96. The van der Waals surface area contributed by atoms with Gasteiger partial charge in [0, 0.05) is 19.1 Å². The van der Waals surface area contributed by atoms with Crippen LogP contribution in [0.15, 0.2) is 18.9 Å². The van der Waals surface area contributed by atoms with Crippen molar-refractivity contribution in [3.8, 4) is 0 Å². The number of rotatable bonds is 3. The topological polar surface area (TPSA) is 58.1 Å². The molecule has 0 saturated carbocycles. The largest absolute Gasteiger partial charge is 0.363 e. The summed E-state index contributed by atoms with van der Waals surface area (Å²) in [6, 6.07) is -0.0573. The van der Waals surface area contributed by atoms with Crippen LogP contribution in [-0.4, -0.2) is 39.9 Å². The van der Waals surface area contributed by atoms with E-state index < -0.39 is 5.82 Å². The minimum absolute atomic E-state index is 0.0151. The van der Waals surface area contributed by atoms with Crippen molar-refractivity contribution in [2.75, 3.05) is 18.4 Å². The molecule has 7 heteroatoms. The number of anilines is 1. The van der Waals surface area contributed by atoms with Crippen molar-refractivity contribution in [3.05, 3.63) is 30.0 Å². The molecule has 1 N–H and O–H groups in total. The third-order valence-electron chi connectivity index (χ3n) is 2.96. The van der Waals surface area contributed by atoms with Gasteiger partial charge in [-0.2, -0.15) is 4.98 Å². The molecule has 1 aliphatic rings. The van der Waals surface area contributed by atoms with Crippen molar-refractivity contribution in [2.24, 2.45) is 0 Å². The Hall–Kier alpha value is -1.69. The normalized spacial score (nSPS) is 16.3. The second kappa shape index (κ2) is 11.8. The zero-order valence-electron chi connectivity index (χ0n) is 14.3. The minimum atomic E-state index is -0.559. The highest BCUT2D eigenvalue weighted by Gasteiger charge is 2.23. The number of aromatic nitrogens is 2. The van der Waals surface area contributed by atoms with Crippen LogP contribution in [0.3, 0.4) is 0 Å². The number of hydrogen-bond donors (Lipinski definition) is 1. The monoisotopic (exact) mass is 344 g/mol. The number of piperidine rings is 1. The zero-order chi connectivity index (χ0) is 17.8. The fraction of sp³-hybridized carbons (Fsp3) is 0.562. The van der Waals surface area contributed by atoms with Crippen LogP contribution in [0.4, 0.5) is 10.2 Å². The molecule has 1 fully saturated rings. The van der Waals surface area contributed by atoms with E-state index in [1.165, 1.54) is 6.08 Å². The lowest BCUT2D eigenvalue weighted by atomic mass is 10.1. The molecule has 1 aromatic rings. The number of carbonyl (C=O) groups excluding carboxylic acids is 1. The summed E-state index contributed by atoms with van der Waals surface area (Å²) < 4.78 is 13.5. The van der Waals surface area contributed by atoms with Crippen molar-refractivity contribution in [3.63, 3.8) is 0 Å². The van der Waals surface area contributed by atoms with E-state index in [4.69, 9.17) is 11.6 Å². The van der Waals surface area contributed by atoms with E-state index in [9.17, 15) is 9.18 Å². The molecular weight excluding hydrogens is 319 g/mol. The molecule has 2 heterocycles. The molecule has 130 valence electrons. The summed E-state index contributed by atoms with van der Waals surface area (Å²) >= 11 is 5.63. The van der Waals surface area contributed by atoms with Crippen LogP contribution in [0.25, 0.3) is 0 Å². The van der Waals surface area contributed by atoms with Gasteiger partial charge >= 0.3 is 0 Å². The van der Waals surface area contributed by atoms with Gasteiger partial charge in [-0.05, 0) is 30.5 Å². The summed E-state index contributed by atoms with van der Waals surface area (Å²) in [6.45, 7) is 12.6. The number of nitrogens with zero attached hydrogens (tertiary/aromatic N) is 3. The molecule has 1 amide bonds. The number of carbonyl (C=O) groups is 1. The van der Waals surface area contributed by atoms with Crippen molar-refractivity contribution in [1.82, 2.24) is 14.9 Å². The SMILES string of the molecule is C=CC(=O)N1CCCC(Nc2nc(Cl)ncc2F)C1.CC.CC. The van der Waals surface area contributed by atoms with Gasteiger partial charge in [-0.1, -0.05) is 34.3 Å². The Morgan fingerprint density at radius 1 is 1.48 bits per heavy atom. The first kappa shape index (κ1) is 21.3. The van der Waals surface area contributed by atoms with Crippen molar-refractivity contribution < 1.29 is 9.18 Å². The van der Waals surface area contributed by atoms with E-state index in [2.05, 4.69) is 21.9 Å². The lowest BCUT2D eigenvalue weighted by molar-refractivity contribution is -0.127. The maximum Gasteiger partial charge on any atom is 0.246 e. The van der Waals surface area contributed by atoms with E-state index in [-0.39, 0.29) is 23.1 Å². The predicted molar refractivity (Wildman–Crippen MR) is 93.1 cm³/mol. The second-order valence-corrected chi connectivity index (χ2v) is 4.65. The summed E-state index contributed by atoms with van der Waals surface area (Å²) in [7, 11) is 0. The molecule has 2 rings (SSSR count). The number of halogens is 2. The average Bonchev–Trinajstić information content (AvgIpc) is 2.61. The molecule has 0 radical (unpaired) electrons. The number of likely N-dealkylation sites (tertiary alicyclic amines) is 1. The Balaban J connectivity index is 0.00000112. The highest BCUT2D eigenvalue weighted by Crippen LogP contribution is 2.18. The molecule has 0 aliphatic carbocycles. The summed E-state index contributed by atoms with van der Waals surface area (Å²) in [4.78, 5) is 20.6. The van der Waals surface area contributed by atoms with E-state index >= 15 is 0 Å². The van der Waals surface area contributed by atoms with Crippen LogP contribution in [0.2, 0.25) is 5.28 Å². The van der Waals surface area contributed by atoms with E-state index in [0.29, 0.717) is 13.1 Å². The van der Waals surface area contributed by atoms with Gasteiger partial charge in [0.2, 0.25) is 11.2 Å². The van der Waals surface area contributed by atoms with E-state index in [1.54, 1.807) is 4.90 Å². The molecule has 5 nitrogen and oxygen atoms in total. The second-order valence-electron chi connectivity index (χ2n) is 4.31. The maximum atomic E-state index is 13.5. The molecule has 1 atom stereocenters. The summed E-state index contributed by atoms with van der Waals surface area (Å²) in [5, 5.41) is 2.95. The van der Waals surface area contributed by atoms with Crippen LogP contribution in [0.1, 0.15) is 40.5 Å². The van der Waals surface area contributed by atoms with Crippen LogP contribution in [0.5, 0.6) is 0 Å². The number of amides is 1. The number of hydrogen-bond acceptors (Lipinski definition) is 4. The Morgan fingerprint density at radius 3 is 2.74 bits per heavy atom. The zero-order valence-corrected chi connectivity index (χ0v) is 15.0. The van der Waals surface area contributed by atoms with Gasteiger partial charge in [-0.3, -0.25) is 4.79 Å². The van der Waals surface area contributed by atoms with E-state index in [0.717, 1.165) is 19.0 Å². The fourth-order valence-corrected chi connectivity index (χ4v) is 2.20. The first-order chi connectivity index (χ1) is 11.1. The molecule has 1 saturated heterocycles. The first-order valence-corrected chi connectivity index (χ1v) is 8.34. The van der Waals surface area contributed by atoms with Crippen molar-refractivity contribution in [1.29, 1.82) is 0 Å². The molecule has 0 bridgehead atoms. The Morgan fingerprint density at radius 2 is 2.13 bits per heavy atom. The molecule has 1 aliphatic heterocycles. The third kappa shape index (κ3) is 6.95. The van der Waals surface area contributed by atoms with Crippen LogP contribution in [-0.2, 0) is 4.79 Å². The van der Waals surface area contributed by atoms with Crippen molar-refractivity contribution >= 4 is 23.3 Å². The quantitative estimate of drug-likeness (QED) is 0.667. The molecular formula is C16H26ClFN4O. The van der Waals surface area contributed by atoms with E-state index in [1.807, 2.05) is 27.7 Å². The predicted octanol–water partition coefficient (Wildman–Crippen LogP) is 3.91. The molecule has 1 aromatic heterocycles. The Bertz CT molecular complexity index is 499.